The average Bonchev–Trinajstić information content (AvgIpc) is 3.20. The molecule has 0 saturated heterocycles. The molecule has 0 aliphatic heterocycles. The maximum absolute atomic E-state index is 13.2. The van der Waals surface area contributed by atoms with Crippen LogP contribution in [0.15, 0.2) is 61.4 Å². The summed E-state index contributed by atoms with van der Waals surface area (Å²) in [4.78, 5) is 23.2. The van der Waals surface area contributed by atoms with Crippen molar-refractivity contribution in [2.24, 2.45) is 0 Å². The van der Waals surface area contributed by atoms with E-state index in [9.17, 15) is 4.79 Å². The molecular formula is C19H21N5O. The maximum Gasteiger partial charge on any atom is 0.256 e. The lowest BCUT2D eigenvalue weighted by Crippen LogP contribution is -2.32. The van der Waals surface area contributed by atoms with Crippen molar-refractivity contribution in [3.63, 3.8) is 0 Å². The van der Waals surface area contributed by atoms with Gasteiger partial charge in [-0.15, -0.1) is 0 Å². The first-order valence-corrected chi connectivity index (χ1v) is 8.42. The molecule has 3 aromatic rings. The highest BCUT2D eigenvalue weighted by molar-refractivity contribution is 5.97. The lowest BCUT2D eigenvalue weighted by Gasteiger charge is -2.23. The van der Waals surface area contributed by atoms with Crippen LogP contribution in [0.4, 0.5) is 0 Å². The first-order chi connectivity index (χ1) is 12.3. The standard InChI is InChI=1S/C19H21N5O/c1-2-3-11-23(13-16-7-6-10-20-12-16)19(25)17-8-4-5-9-18(17)24-15-21-14-22-24/h4-10,12,14-15H,2-3,11,13H2,1H3. The van der Waals surface area contributed by atoms with Gasteiger partial charge in [-0.3, -0.25) is 9.78 Å². The summed E-state index contributed by atoms with van der Waals surface area (Å²) in [7, 11) is 0. The average molecular weight is 335 g/mol. The number of amides is 1. The van der Waals surface area contributed by atoms with Gasteiger partial charge in [0.15, 0.2) is 0 Å². The second-order valence-corrected chi connectivity index (χ2v) is 5.80. The van der Waals surface area contributed by atoms with Crippen LogP contribution in [0.3, 0.4) is 0 Å². The van der Waals surface area contributed by atoms with E-state index in [-0.39, 0.29) is 5.91 Å². The fraction of sp³-hybridized carbons (Fsp3) is 0.263. The van der Waals surface area contributed by atoms with Crippen LogP contribution in [0.1, 0.15) is 35.7 Å². The SMILES string of the molecule is CCCCN(Cc1cccnc1)C(=O)c1ccccc1-n1cncn1. The predicted octanol–water partition coefficient (Wildman–Crippen LogP) is 3.10. The Morgan fingerprint density at radius 1 is 1.16 bits per heavy atom. The van der Waals surface area contributed by atoms with Gasteiger partial charge in [0.2, 0.25) is 0 Å². The molecule has 0 spiro atoms. The van der Waals surface area contributed by atoms with Crippen molar-refractivity contribution >= 4 is 5.91 Å². The van der Waals surface area contributed by atoms with Crippen molar-refractivity contribution in [2.45, 2.75) is 26.3 Å². The lowest BCUT2D eigenvalue weighted by molar-refractivity contribution is 0.0740. The molecule has 1 amide bonds. The molecule has 6 nitrogen and oxygen atoms in total. The van der Waals surface area contributed by atoms with Gasteiger partial charge >= 0.3 is 0 Å². The first-order valence-electron chi connectivity index (χ1n) is 8.42. The summed E-state index contributed by atoms with van der Waals surface area (Å²) in [5.74, 6) is -0.0107. The quantitative estimate of drug-likeness (QED) is 0.665. The zero-order chi connectivity index (χ0) is 17.5. The molecular weight excluding hydrogens is 314 g/mol. The van der Waals surface area contributed by atoms with Crippen LogP contribution in [0.5, 0.6) is 0 Å². The number of unbranched alkanes of at least 4 members (excludes halogenated alkanes) is 1. The van der Waals surface area contributed by atoms with Crippen LogP contribution in [0, 0.1) is 0 Å². The molecule has 0 unspecified atom stereocenters. The highest BCUT2D eigenvalue weighted by atomic mass is 16.2. The molecule has 0 N–H and O–H groups in total. The van der Waals surface area contributed by atoms with Gasteiger partial charge in [-0.05, 0) is 30.2 Å². The molecule has 0 atom stereocenters. The molecule has 0 radical (unpaired) electrons. The third kappa shape index (κ3) is 4.09. The number of pyridine rings is 1. The van der Waals surface area contributed by atoms with E-state index in [0.29, 0.717) is 18.7 Å². The third-order valence-electron chi connectivity index (χ3n) is 3.97. The summed E-state index contributed by atoms with van der Waals surface area (Å²) in [5, 5.41) is 4.16. The Morgan fingerprint density at radius 3 is 2.76 bits per heavy atom. The fourth-order valence-electron chi connectivity index (χ4n) is 2.67. The van der Waals surface area contributed by atoms with E-state index in [0.717, 1.165) is 24.1 Å². The van der Waals surface area contributed by atoms with Crippen LogP contribution >= 0.6 is 0 Å². The first kappa shape index (κ1) is 16.8. The maximum atomic E-state index is 13.2. The molecule has 128 valence electrons. The molecule has 0 bridgehead atoms. The molecule has 6 heteroatoms. The van der Waals surface area contributed by atoms with E-state index in [1.165, 1.54) is 6.33 Å². The van der Waals surface area contributed by atoms with E-state index >= 15 is 0 Å². The summed E-state index contributed by atoms with van der Waals surface area (Å²) in [6.07, 6.45) is 8.59. The van der Waals surface area contributed by atoms with E-state index in [1.54, 1.807) is 23.4 Å². The van der Waals surface area contributed by atoms with Crippen molar-refractivity contribution < 1.29 is 4.79 Å². The lowest BCUT2D eigenvalue weighted by atomic mass is 10.1. The molecule has 2 aromatic heterocycles. The van der Waals surface area contributed by atoms with Crippen molar-refractivity contribution in [3.05, 3.63) is 72.6 Å². The number of nitrogens with zero attached hydrogens (tertiary/aromatic N) is 5. The summed E-state index contributed by atoms with van der Waals surface area (Å²) in [5.41, 5.74) is 2.37. The van der Waals surface area contributed by atoms with Gasteiger partial charge in [0.1, 0.15) is 12.7 Å². The Hall–Kier alpha value is -3.02. The Labute approximate surface area is 147 Å². The number of carbonyl (C=O) groups is 1. The van der Waals surface area contributed by atoms with Gasteiger partial charge in [-0.25, -0.2) is 9.67 Å². The van der Waals surface area contributed by atoms with Gasteiger partial charge in [0.05, 0.1) is 11.3 Å². The molecule has 2 heterocycles. The van der Waals surface area contributed by atoms with Crippen LogP contribution in [0.2, 0.25) is 0 Å². The summed E-state index contributed by atoms with van der Waals surface area (Å²) in [6.45, 7) is 3.37. The highest BCUT2D eigenvalue weighted by Crippen LogP contribution is 2.17. The number of carbonyl (C=O) groups excluding carboxylic acids is 1. The fourth-order valence-corrected chi connectivity index (χ4v) is 2.67. The topological polar surface area (TPSA) is 63.9 Å². The summed E-state index contributed by atoms with van der Waals surface area (Å²) >= 11 is 0. The second kappa shape index (κ2) is 8.19. The number of hydrogen-bond donors (Lipinski definition) is 0. The minimum atomic E-state index is -0.0107. The molecule has 0 aliphatic carbocycles. The van der Waals surface area contributed by atoms with Gasteiger partial charge < -0.3 is 4.90 Å². The van der Waals surface area contributed by atoms with E-state index in [1.807, 2.05) is 41.3 Å². The third-order valence-corrected chi connectivity index (χ3v) is 3.97. The highest BCUT2D eigenvalue weighted by Gasteiger charge is 2.20. The number of rotatable bonds is 7. The molecule has 0 aliphatic rings. The monoisotopic (exact) mass is 335 g/mol. The molecule has 0 fully saturated rings. The van der Waals surface area contributed by atoms with E-state index in [4.69, 9.17) is 0 Å². The Kier molecular flexibility index (Phi) is 5.51. The minimum Gasteiger partial charge on any atom is -0.334 e. The predicted molar refractivity (Wildman–Crippen MR) is 95.2 cm³/mol. The van der Waals surface area contributed by atoms with Crippen molar-refractivity contribution in [1.29, 1.82) is 0 Å². The number of benzene rings is 1. The normalized spacial score (nSPS) is 10.6. The molecule has 0 saturated carbocycles. The summed E-state index contributed by atoms with van der Waals surface area (Å²) in [6, 6.07) is 11.4. The van der Waals surface area contributed by atoms with E-state index < -0.39 is 0 Å². The zero-order valence-electron chi connectivity index (χ0n) is 14.2. The van der Waals surface area contributed by atoms with Crippen LogP contribution < -0.4 is 0 Å². The van der Waals surface area contributed by atoms with Crippen LogP contribution in [-0.2, 0) is 6.54 Å². The van der Waals surface area contributed by atoms with E-state index in [2.05, 4.69) is 22.0 Å². The number of para-hydroxylation sites is 1. The number of hydrogen-bond acceptors (Lipinski definition) is 4. The van der Waals surface area contributed by atoms with Gasteiger partial charge in [0, 0.05) is 25.5 Å². The van der Waals surface area contributed by atoms with Crippen molar-refractivity contribution in [1.82, 2.24) is 24.6 Å². The Balaban J connectivity index is 1.90. The summed E-state index contributed by atoms with van der Waals surface area (Å²) < 4.78 is 1.62. The largest absolute Gasteiger partial charge is 0.334 e. The van der Waals surface area contributed by atoms with Gasteiger partial charge in [0.25, 0.3) is 5.91 Å². The van der Waals surface area contributed by atoms with Crippen LogP contribution in [-0.4, -0.2) is 37.1 Å². The van der Waals surface area contributed by atoms with Gasteiger partial charge in [-0.2, -0.15) is 5.10 Å². The molecule has 1 aromatic carbocycles. The van der Waals surface area contributed by atoms with Crippen molar-refractivity contribution in [2.75, 3.05) is 6.54 Å². The zero-order valence-corrected chi connectivity index (χ0v) is 14.2. The smallest absolute Gasteiger partial charge is 0.256 e. The Morgan fingerprint density at radius 2 is 2.04 bits per heavy atom. The minimum absolute atomic E-state index is 0.0107. The molecule has 3 rings (SSSR count). The van der Waals surface area contributed by atoms with Gasteiger partial charge in [-0.1, -0.05) is 31.5 Å². The number of aromatic nitrogens is 4. The van der Waals surface area contributed by atoms with Crippen molar-refractivity contribution in [3.8, 4) is 5.69 Å². The van der Waals surface area contributed by atoms with Crippen LogP contribution in [0.25, 0.3) is 5.69 Å². The Bertz CT molecular complexity index is 802. The second-order valence-electron chi connectivity index (χ2n) is 5.80. The molecule has 25 heavy (non-hydrogen) atoms.